The minimum absolute atomic E-state index is 0.0217. The number of hydrogen-bond donors (Lipinski definition) is 1. The van der Waals surface area contributed by atoms with E-state index in [0.29, 0.717) is 5.75 Å². The number of rotatable bonds is 4. The molecule has 0 aliphatic heterocycles. The van der Waals surface area contributed by atoms with Gasteiger partial charge in [-0.3, -0.25) is 0 Å². The zero-order valence-electron chi connectivity index (χ0n) is 12.5. The Kier molecular flexibility index (Phi) is 4.22. The van der Waals surface area contributed by atoms with E-state index in [4.69, 9.17) is 7.85 Å². The Bertz CT molecular complexity index is 583. The van der Waals surface area contributed by atoms with Gasteiger partial charge in [-0.15, -0.1) is 0 Å². The predicted octanol–water partition coefficient (Wildman–Crippen LogP) is 3.60. The van der Waals surface area contributed by atoms with Crippen LogP contribution in [0.4, 0.5) is 0 Å². The Morgan fingerprint density at radius 3 is 2.00 bits per heavy atom. The lowest BCUT2D eigenvalue weighted by molar-refractivity contribution is 0.465. The second-order valence-electron chi connectivity index (χ2n) is 5.41. The van der Waals surface area contributed by atoms with Crippen LogP contribution in [0.5, 0.6) is 5.75 Å². The summed E-state index contributed by atoms with van der Waals surface area (Å²) in [6.07, 6.45) is 2.02. The first-order valence-corrected chi connectivity index (χ1v) is 7.19. The molecule has 102 valence electrons. The molecule has 20 heavy (non-hydrogen) atoms. The molecule has 0 amide bonds. The fraction of sp³-hybridized carbons (Fsp3) is 0.333. The third-order valence-corrected chi connectivity index (χ3v) is 4.45. The minimum atomic E-state index is -0.0217. The Balaban J connectivity index is 2.58. The molecule has 1 N–H and O–H groups in total. The van der Waals surface area contributed by atoms with Crippen molar-refractivity contribution >= 4 is 13.3 Å². The van der Waals surface area contributed by atoms with Crippen LogP contribution in [-0.4, -0.2) is 13.0 Å². The zero-order valence-corrected chi connectivity index (χ0v) is 12.5. The van der Waals surface area contributed by atoms with Crippen LogP contribution in [0.2, 0.25) is 0 Å². The second-order valence-corrected chi connectivity index (χ2v) is 5.41. The molecule has 0 aliphatic rings. The lowest BCUT2D eigenvalue weighted by atomic mass is 9.69. The number of benzene rings is 2. The summed E-state index contributed by atoms with van der Waals surface area (Å²) in [5, 5.41) is 9.50. The van der Waals surface area contributed by atoms with Gasteiger partial charge in [0.15, 0.2) is 0 Å². The van der Waals surface area contributed by atoms with Crippen molar-refractivity contribution in [2.75, 3.05) is 0 Å². The van der Waals surface area contributed by atoms with Gasteiger partial charge >= 0.3 is 0 Å². The summed E-state index contributed by atoms with van der Waals surface area (Å²) in [5.74, 6) is 0.309. The Hall–Kier alpha value is -1.70. The maximum atomic E-state index is 9.50. The van der Waals surface area contributed by atoms with Crippen molar-refractivity contribution in [2.24, 2.45) is 0 Å². The van der Waals surface area contributed by atoms with Crippen LogP contribution >= 0.6 is 0 Å². The van der Waals surface area contributed by atoms with Crippen molar-refractivity contribution in [1.82, 2.24) is 0 Å². The normalized spacial score (nSPS) is 11.6. The van der Waals surface area contributed by atoms with Crippen molar-refractivity contribution < 1.29 is 5.11 Å². The first-order chi connectivity index (χ1) is 9.53. The lowest BCUT2D eigenvalue weighted by Gasteiger charge is -2.34. The average molecular weight is 264 g/mol. The van der Waals surface area contributed by atoms with E-state index in [-0.39, 0.29) is 5.41 Å². The molecule has 0 aliphatic carbocycles. The number of hydrogen-bond acceptors (Lipinski definition) is 1. The molecule has 0 saturated heterocycles. The number of phenols is 1. The van der Waals surface area contributed by atoms with E-state index in [0.717, 1.165) is 23.9 Å². The van der Waals surface area contributed by atoms with E-state index in [9.17, 15) is 5.11 Å². The summed E-state index contributed by atoms with van der Waals surface area (Å²) in [6.45, 7) is 6.47. The van der Waals surface area contributed by atoms with Crippen molar-refractivity contribution in [3.8, 4) is 5.75 Å². The number of phenolic OH excluding ortho intramolecular Hbond substituents is 1. The van der Waals surface area contributed by atoms with E-state index >= 15 is 0 Å². The van der Waals surface area contributed by atoms with Gasteiger partial charge < -0.3 is 5.11 Å². The molecule has 2 rings (SSSR count). The average Bonchev–Trinajstić information content (AvgIpc) is 2.46. The third kappa shape index (κ3) is 2.47. The summed E-state index contributed by atoms with van der Waals surface area (Å²) in [5.41, 5.74) is 4.46. The van der Waals surface area contributed by atoms with E-state index in [2.05, 4.69) is 26.0 Å². The third-order valence-electron chi connectivity index (χ3n) is 4.45. The van der Waals surface area contributed by atoms with Crippen LogP contribution < -0.4 is 5.46 Å². The van der Waals surface area contributed by atoms with Crippen LogP contribution in [0, 0.1) is 6.92 Å². The maximum Gasteiger partial charge on any atom is 0.115 e. The van der Waals surface area contributed by atoms with Gasteiger partial charge in [-0.25, -0.2) is 0 Å². The molecule has 1 nitrogen and oxygen atoms in total. The molecule has 0 saturated carbocycles. The fourth-order valence-electron chi connectivity index (χ4n) is 2.99. The quantitative estimate of drug-likeness (QED) is 0.836. The van der Waals surface area contributed by atoms with E-state index < -0.39 is 0 Å². The maximum absolute atomic E-state index is 9.50. The Morgan fingerprint density at radius 2 is 1.50 bits per heavy atom. The van der Waals surface area contributed by atoms with Gasteiger partial charge in [-0.05, 0) is 43.0 Å². The van der Waals surface area contributed by atoms with E-state index in [1.165, 1.54) is 11.1 Å². The highest BCUT2D eigenvalue weighted by molar-refractivity contribution is 6.33. The standard InChI is InChI=1S/C18H21BO/c1-4-18(5-2,14-6-9-16(20)10-7-14)15-8-11-17(19)13(3)12-15/h6-12,20H,4-5H2,1-3H3. The van der Waals surface area contributed by atoms with Gasteiger partial charge in [0, 0.05) is 5.41 Å². The summed E-state index contributed by atoms with van der Waals surface area (Å²) in [7, 11) is 5.94. The number of aromatic hydroxyl groups is 1. The SMILES string of the molecule is [B]c1ccc(C(CC)(CC)c2ccc(O)cc2)cc1C. The highest BCUT2D eigenvalue weighted by atomic mass is 16.3. The number of aryl methyl sites for hydroxylation is 1. The first kappa shape index (κ1) is 14.7. The molecule has 0 bridgehead atoms. The van der Waals surface area contributed by atoms with Gasteiger partial charge in [0.2, 0.25) is 0 Å². The van der Waals surface area contributed by atoms with Gasteiger partial charge in [0.1, 0.15) is 13.6 Å². The van der Waals surface area contributed by atoms with E-state index in [1.54, 1.807) is 12.1 Å². The first-order valence-electron chi connectivity index (χ1n) is 7.19. The molecule has 2 aromatic carbocycles. The van der Waals surface area contributed by atoms with Crippen molar-refractivity contribution in [3.05, 3.63) is 59.2 Å². The summed E-state index contributed by atoms with van der Waals surface area (Å²) in [6, 6.07) is 13.9. The monoisotopic (exact) mass is 264 g/mol. The lowest BCUT2D eigenvalue weighted by Crippen LogP contribution is -2.27. The molecule has 2 aromatic rings. The molecule has 0 atom stereocenters. The fourth-order valence-corrected chi connectivity index (χ4v) is 2.99. The van der Waals surface area contributed by atoms with Gasteiger partial charge in [-0.1, -0.05) is 55.2 Å². The van der Waals surface area contributed by atoms with Crippen molar-refractivity contribution in [3.63, 3.8) is 0 Å². The predicted molar refractivity (Wildman–Crippen MR) is 86.0 cm³/mol. The van der Waals surface area contributed by atoms with Crippen molar-refractivity contribution in [1.29, 1.82) is 0 Å². The molecule has 2 radical (unpaired) electrons. The topological polar surface area (TPSA) is 20.2 Å². The Morgan fingerprint density at radius 1 is 0.950 bits per heavy atom. The zero-order chi connectivity index (χ0) is 14.8. The molecule has 2 heteroatoms. The highest BCUT2D eigenvalue weighted by Crippen LogP contribution is 2.39. The largest absolute Gasteiger partial charge is 0.508 e. The second kappa shape index (κ2) is 5.74. The molecule has 0 heterocycles. The summed E-state index contributed by atoms with van der Waals surface area (Å²) in [4.78, 5) is 0. The van der Waals surface area contributed by atoms with Crippen LogP contribution in [0.1, 0.15) is 43.4 Å². The van der Waals surface area contributed by atoms with Crippen LogP contribution in [-0.2, 0) is 5.41 Å². The molecular weight excluding hydrogens is 243 g/mol. The summed E-state index contributed by atoms with van der Waals surface area (Å²) >= 11 is 0. The van der Waals surface area contributed by atoms with Gasteiger partial charge in [0.05, 0.1) is 0 Å². The van der Waals surface area contributed by atoms with Gasteiger partial charge in [-0.2, -0.15) is 0 Å². The molecule has 0 spiro atoms. The van der Waals surface area contributed by atoms with Crippen LogP contribution in [0.3, 0.4) is 0 Å². The Labute approximate surface area is 123 Å². The summed E-state index contributed by atoms with van der Waals surface area (Å²) < 4.78 is 0. The van der Waals surface area contributed by atoms with Crippen molar-refractivity contribution in [2.45, 2.75) is 39.0 Å². The van der Waals surface area contributed by atoms with Gasteiger partial charge in [0.25, 0.3) is 0 Å². The molecule has 0 unspecified atom stereocenters. The molecule has 0 aromatic heterocycles. The van der Waals surface area contributed by atoms with E-state index in [1.807, 2.05) is 25.1 Å². The van der Waals surface area contributed by atoms with Crippen LogP contribution in [0.25, 0.3) is 0 Å². The smallest absolute Gasteiger partial charge is 0.115 e. The molecular formula is C18H21BO. The minimum Gasteiger partial charge on any atom is -0.508 e. The highest BCUT2D eigenvalue weighted by Gasteiger charge is 2.30. The van der Waals surface area contributed by atoms with Crippen LogP contribution in [0.15, 0.2) is 42.5 Å². The molecule has 0 fully saturated rings.